The van der Waals surface area contributed by atoms with E-state index in [1.54, 1.807) is 18.2 Å². The molecule has 0 aliphatic heterocycles. The van der Waals surface area contributed by atoms with E-state index in [1.807, 2.05) is 0 Å². The first kappa shape index (κ1) is 15.3. The van der Waals surface area contributed by atoms with Gasteiger partial charge in [0, 0.05) is 38.4 Å². The fourth-order valence-corrected chi connectivity index (χ4v) is 3.32. The summed E-state index contributed by atoms with van der Waals surface area (Å²) in [5.74, 6) is -0.203. The van der Waals surface area contributed by atoms with Gasteiger partial charge in [-0.2, -0.15) is 0 Å². The van der Waals surface area contributed by atoms with E-state index < -0.39 is 4.92 Å². The van der Waals surface area contributed by atoms with Gasteiger partial charge in [-0.3, -0.25) is 10.1 Å². The van der Waals surface area contributed by atoms with Crippen LogP contribution in [0.3, 0.4) is 0 Å². The van der Waals surface area contributed by atoms with Crippen LogP contribution in [-0.4, -0.2) is 20.0 Å². The summed E-state index contributed by atoms with van der Waals surface area (Å²) >= 11 is 3.35. The van der Waals surface area contributed by atoms with E-state index >= 15 is 0 Å². The highest BCUT2D eigenvalue weighted by molar-refractivity contribution is 9.10. The zero-order valence-corrected chi connectivity index (χ0v) is 14.0. The highest BCUT2D eigenvalue weighted by Crippen LogP contribution is 2.45. The number of aromatic nitrogens is 2. The Morgan fingerprint density at radius 2 is 1.80 bits per heavy atom. The number of aromatic amines is 2. The average Bonchev–Trinajstić information content (AvgIpc) is 3.09. The number of halogens is 1. The van der Waals surface area contributed by atoms with Crippen LogP contribution in [0.15, 0.2) is 46.0 Å². The van der Waals surface area contributed by atoms with E-state index in [1.165, 1.54) is 18.2 Å². The number of fused-ring (bicyclic) bond motifs is 2. The van der Waals surface area contributed by atoms with Gasteiger partial charge in [0.1, 0.15) is 5.69 Å². The molecule has 9 heteroatoms. The summed E-state index contributed by atoms with van der Waals surface area (Å²) in [6, 6.07) is 9.49. The Labute approximate surface area is 147 Å². The van der Waals surface area contributed by atoms with Crippen LogP contribution in [0.4, 0.5) is 11.4 Å². The van der Waals surface area contributed by atoms with Crippen molar-refractivity contribution in [3.05, 3.63) is 55.9 Å². The van der Waals surface area contributed by atoms with Gasteiger partial charge in [-0.25, -0.2) is 0 Å². The molecule has 25 heavy (non-hydrogen) atoms. The molecule has 2 heterocycles. The molecule has 2 aromatic carbocycles. The first-order valence-corrected chi connectivity index (χ1v) is 7.93. The lowest BCUT2D eigenvalue weighted by molar-refractivity contribution is -0.384. The van der Waals surface area contributed by atoms with Crippen molar-refractivity contribution in [3.8, 4) is 17.1 Å². The summed E-state index contributed by atoms with van der Waals surface area (Å²) in [5.41, 5.74) is 1.74. The molecule has 8 nitrogen and oxygen atoms in total. The van der Waals surface area contributed by atoms with Crippen molar-refractivity contribution < 1.29 is 10.0 Å². The van der Waals surface area contributed by atoms with Crippen LogP contribution < -0.4 is 0 Å². The number of hydrogen-bond donors (Lipinski definition) is 3. The lowest BCUT2D eigenvalue weighted by Gasteiger charge is -1.99. The molecule has 0 atom stereocenters. The van der Waals surface area contributed by atoms with Crippen LogP contribution in [0.1, 0.15) is 0 Å². The van der Waals surface area contributed by atoms with Crippen molar-refractivity contribution in [1.29, 1.82) is 0 Å². The third-order valence-corrected chi connectivity index (χ3v) is 4.54. The SMILES string of the molecule is O=Nc1c(-c2c(O)[nH]c3ccc([N+](=O)[O-])cc23)[nH]c2ccc(Br)cc12. The third-order valence-electron chi connectivity index (χ3n) is 4.05. The van der Waals surface area contributed by atoms with Gasteiger partial charge >= 0.3 is 0 Å². The number of nitroso groups, excluding NO2 is 1. The normalized spacial score (nSPS) is 11.2. The molecule has 0 amide bonds. The average molecular weight is 401 g/mol. The predicted molar refractivity (Wildman–Crippen MR) is 97.1 cm³/mol. The fourth-order valence-electron chi connectivity index (χ4n) is 2.96. The number of non-ortho nitro benzene ring substituents is 1. The summed E-state index contributed by atoms with van der Waals surface area (Å²) in [4.78, 5) is 27.8. The number of nitrogens with zero attached hydrogens (tertiary/aromatic N) is 2. The molecule has 0 aliphatic rings. The van der Waals surface area contributed by atoms with Gasteiger partial charge in [-0.1, -0.05) is 15.9 Å². The minimum Gasteiger partial charge on any atom is -0.494 e. The fraction of sp³-hybridized carbons (Fsp3) is 0. The Bertz CT molecular complexity index is 1180. The summed E-state index contributed by atoms with van der Waals surface area (Å²) in [6.07, 6.45) is 0. The number of hydrogen-bond acceptors (Lipinski definition) is 5. The van der Waals surface area contributed by atoms with Gasteiger partial charge in [0.25, 0.3) is 5.69 Å². The number of benzene rings is 2. The molecule has 0 aliphatic carbocycles. The molecule has 0 fully saturated rings. The van der Waals surface area contributed by atoms with Crippen LogP contribution in [0.25, 0.3) is 33.1 Å². The van der Waals surface area contributed by atoms with Gasteiger partial charge in [-0.05, 0) is 29.4 Å². The zero-order chi connectivity index (χ0) is 17.7. The zero-order valence-electron chi connectivity index (χ0n) is 12.4. The molecule has 2 aromatic heterocycles. The molecule has 4 rings (SSSR count). The van der Waals surface area contributed by atoms with E-state index in [4.69, 9.17) is 0 Å². The molecular weight excluding hydrogens is 392 g/mol. The van der Waals surface area contributed by atoms with Crippen LogP contribution in [0, 0.1) is 15.0 Å². The predicted octanol–water partition coefficient (Wildman–Crippen LogP) is 5.09. The first-order chi connectivity index (χ1) is 12.0. The van der Waals surface area contributed by atoms with Crippen LogP contribution >= 0.6 is 15.9 Å². The number of nitrogens with one attached hydrogen (secondary N) is 2. The minimum absolute atomic E-state index is 0.118. The van der Waals surface area contributed by atoms with E-state index in [-0.39, 0.29) is 22.8 Å². The topological polar surface area (TPSA) is 124 Å². The van der Waals surface area contributed by atoms with Crippen molar-refractivity contribution >= 4 is 49.1 Å². The standard InChI is InChI=1S/C16H9BrN4O4/c17-7-1-3-12-10(5-7)14(20-23)15(18-12)13-9-6-8(21(24)25)2-4-11(9)19-16(13)22/h1-6,18-19,22H. The Morgan fingerprint density at radius 1 is 1.08 bits per heavy atom. The van der Waals surface area contributed by atoms with Gasteiger partial charge in [0.05, 0.1) is 16.2 Å². The summed E-state index contributed by atoms with van der Waals surface area (Å²) in [7, 11) is 0. The second-order valence-electron chi connectivity index (χ2n) is 5.47. The van der Waals surface area contributed by atoms with Crippen LogP contribution in [0.2, 0.25) is 0 Å². The molecule has 0 spiro atoms. The van der Waals surface area contributed by atoms with Crippen molar-refractivity contribution in [2.75, 3.05) is 0 Å². The van der Waals surface area contributed by atoms with Gasteiger partial charge < -0.3 is 15.1 Å². The molecule has 0 radical (unpaired) electrons. The second-order valence-corrected chi connectivity index (χ2v) is 6.38. The van der Waals surface area contributed by atoms with Crippen molar-refractivity contribution in [3.63, 3.8) is 0 Å². The summed E-state index contributed by atoms with van der Waals surface area (Å²) < 4.78 is 0.772. The first-order valence-electron chi connectivity index (χ1n) is 7.13. The Hall–Kier alpha value is -3.20. The smallest absolute Gasteiger partial charge is 0.270 e. The monoisotopic (exact) mass is 400 g/mol. The maximum Gasteiger partial charge on any atom is 0.270 e. The Morgan fingerprint density at radius 3 is 2.52 bits per heavy atom. The largest absolute Gasteiger partial charge is 0.494 e. The van der Waals surface area contributed by atoms with E-state index in [9.17, 15) is 20.1 Å². The second kappa shape index (κ2) is 5.42. The maximum atomic E-state index is 11.4. The number of nitro benzene ring substituents is 1. The van der Waals surface area contributed by atoms with Crippen LogP contribution in [-0.2, 0) is 0 Å². The number of rotatable bonds is 3. The highest BCUT2D eigenvalue weighted by Gasteiger charge is 2.22. The summed E-state index contributed by atoms with van der Waals surface area (Å²) in [6.45, 7) is 0. The molecule has 0 unspecified atom stereocenters. The van der Waals surface area contributed by atoms with Gasteiger partial charge in [-0.15, -0.1) is 4.91 Å². The molecule has 3 N–H and O–H groups in total. The quantitative estimate of drug-likeness (QED) is 0.251. The van der Waals surface area contributed by atoms with E-state index in [0.717, 1.165) is 4.47 Å². The molecule has 0 saturated carbocycles. The summed E-state index contributed by atoms with van der Waals surface area (Å²) in [5, 5.41) is 25.5. The number of aromatic hydroxyl groups is 1. The molecule has 0 saturated heterocycles. The molecule has 4 aromatic rings. The van der Waals surface area contributed by atoms with Crippen molar-refractivity contribution in [2.24, 2.45) is 5.18 Å². The lowest BCUT2D eigenvalue weighted by atomic mass is 10.1. The number of H-pyrrole nitrogens is 2. The minimum atomic E-state index is -0.519. The molecular formula is C16H9BrN4O4. The maximum absolute atomic E-state index is 11.4. The number of nitro groups is 1. The molecule has 0 bridgehead atoms. The van der Waals surface area contributed by atoms with Crippen molar-refractivity contribution in [1.82, 2.24) is 9.97 Å². The van der Waals surface area contributed by atoms with Crippen LogP contribution in [0.5, 0.6) is 5.88 Å². The Balaban J connectivity index is 2.09. The third kappa shape index (κ3) is 2.28. The highest BCUT2D eigenvalue weighted by atomic mass is 79.9. The van der Waals surface area contributed by atoms with Gasteiger partial charge in [0.2, 0.25) is 0 Å². The van der Waals surface area contributed by atoms with E-state index in [2.05, 4.69) is 31.1 Å². The Kier molecular flexibility index (Phi) is 3.32. The lowest BCUT2D eigenvalue weighted by Crippen LogP contribution is -1.87. The van der Waals surface area contributed by atoms with Gasteiger partial charge in [0.15, 0.2) is 5.88 Å². The van der Waals surface area contributed by atoms with E-state index in [0.29, 0.717) is 27.5 Å². The van der Waals surface area contributed by atoms with Crippen molar-refractivity contribution in [2.45, 2.75) is 0 Å². The molecule has 124 valence electrons.